The highest BCUT2D eigenvalue weighted by Gasteiger charge is 2.13. The van der Waals surface area contributed by atoms with Crippen LogP contribution in [-0.4, -0.2) is 36.4 Å². The number of aromatic nitrogens is 1. The Morgan fingerprint density at radius 2 is 2.07 bits per heavy atom. The third kappa shape index (κ3) is 5.26. The fourth-order valence-corrected chi connectivity index (χ4v) is 3.37. The van der Waals surface area contributed by atoms with Gasteiger partial charge in [-0.05, 0) is 69.9 Å². The zero-order chi connectivity index (χ0) is 21.7. The summed E-state index contributed by atoms with van der Waals surface area (Å²) in [5, 5.41) is 17.2. The second kappa shape index (κ2) is 9.57. The smallest absolute Gasteiger partial charge is 0.224 e. The summed E-state index contributed by atoms with van der Waals surface area (Å²) in [4.78, 5) is 18.9. The lowest BCUT2D eigenvalue weighted by molar-refractivity contribution is -0.116. The molecular weight excluding hydrogens is 398 g/mol. The molecule has 2 aromatic carbocycles. The molecule has 0 aliphatic heterocycles. The summed E-state index contributed by atoms with van der Waals surface area (Å²) in [6.45, 7) is 2.78. The SMILES string of the molecule is Cc1cc2ncc(C#N)c(Nc3cccc(Cl)c3)c2cc1NC(=O)CCCN(C)C. The van der Waals surface area contributed by atoms with E-state index in [9.17, 15) is 10.1 Å². The van der Waals surface area contributed by atoms with E-state index in [-0.39, 0.29) is 5.91 Å². The third-order valence-corrected chi connectivity index (χ3v) is 4.95. The molecule has 2 N–H and O–H groups in total. The number of carbonyl (C=O) groups is 1. The molecular formula is C23H24ClN5O. The van der Waals surface area contributed by atoms with Gasteiger partial charge in [0.2, 0.25) is 5.91 Å². The molecule has 0 radical (unpaired) electrons. The van der Waals surface area contributed by atoms with Crippen molar-refractivity contribution in [1.82, 2.24) is 9.88 Å². The monoisotopic (exact) mass is 421 g/mol. The van der Waals surface area contributed by atoms with E-state index in [1.165, 1.54) is 0 Å². The van der Waals surface area contributed by atoms with Gasteiger partial charge in [0.25, 0.3) is 0 Å². The van der Waals surface area contributed by atoms with Gasteiger partial charge in [0.05, 0.1) is 16.8 Å². The second-order valence-corrected chi connectivity index (χ2v) is 7.87. The molecule has 6 nitrogen and oxygen atoms in total. The fourth-order valence-electron chi connectivity index (χ4n) is 3.18. The number of hydrogen-bond acceptors (Lipinski definition) is 5. The molecule has 3 rings (SSSR count). The summed E-state index contributed by atoms with van der Waals surface area (Å²) in [5.41, 5.74) is 4.17. The number of carbonyl (C=O) groups excluding carboxylic acids is 1. The van der Waals surface area contributed by atoms with Crippen molar-refractivity contribution in [2.75, 3.05) is 31.3 Å². The minimum absolute atomic E-state index is 0.0342. The minimum atomic E-state index is -0.0342. The molecule has 0 aliphatic carbocycles. The van der Waals surface area contributed by atoms with Gasteiger partial charge in [-0.25, -0.2) is 0 Å². The molecule has 0 saturated heterocycles. The van der Waals surface area contributed by atoms with Gasteiger partial charge in [0.15, 0.2) is 0 Å². The highest BCUT2D eigenvalue weighted by molar-refractivity contribution is 6.30. The van der Waals surface area contributed by atoms with Crippen LogP contribution >= 0.6 is 11.6 Å². The van der Waals surface area contributed by atoms with E-state index < -0.39 is 0 Å². The zero-order valence-electron chi connectivity index (χ0n) is 17.3. The van der Waals surface area contributed by atoms with Crippen molar-refractivity contribution in [1.29, 1.82) is 5.26 Å². The number of nitriles is 1. The number of amides is 1. The Morgan fingerprint density at radius 3 is 2.77 bits per heavy atom. The van der Waals surface area contributed by atoms with Crippen LogP contribution in [0.2, 0.25) is 5.02 Å². The number of benzene rings is 2. The largest absolute Gasteiger partial charge is 0.354 e. The summed E-state index contributed by atoms with van der Waals surface area (Å²) < 4.78 is 0. The van der Waals surface area contributed by atoms with E-state index >= 15 is 0 Å². The molecule has 0 fully saturated rings. The summed E-state index contributed by atoms with van der Waals surface area (Å²) in [6.07, 6.45) is 2.78. The Labute approximate surface area is 181 Å². The van der Waals surface area contributed by atoms with Crippen LogP contribution in [-0.2, 0) is 4.79 Å². The van der Waals surface area contributed by atoms with Crippen LogP contribution < -0.4 is 10.6 Å². The molecule has 0 spiro atoms. The average Bonchev–Trinajstić information content (AvgIpc) is 2.69. The Bertz CT molecular complexity index is 1120. The van der Waals surface area contributed by atoms with E-state index in [4.69, 9.17) is 11.6 Å². The zero-order valence-corrected chi connectivity index (χ0v) is 18.0. The van der Waals surface area contributed by atoms with Gasteiger partial charge >= 0.3 is 0 Å². The molecule has 0 atom stereocenters. The number of pyridine rings is 1. The number of rotatable bonds is 7. The van der Waals surface area contributed by atoms with Crippen LogP contribution in [0, 0.1) is 18.3 Å². The van der Waals surface area contributed by atoms with Crippen molar-refractivity contribution >= 4 is 45.5 Å². The first-order valence-corrected chi connectivity index (χ1v) is 10.1. The van der Waals surface area contributed by atoms with Crippen LogP contribution in [0.1, 0.15) is 24.0 Å². The van der Waals surface area contributed by atoms with E-state index in [1.807, 2.05) is 45.3 Å². The predicted molar refractivity (Wildman–Crippen MR) is 122 cm³/mol. The lowest BCUT2D eigenvalue weighted by atomic mass is 10.0. The highest BCUT2D eigenvalue weighted by atomic mass is 35.5. The first kappa shape index (κ1) is 21.6. The fraction of sp³-hybridized carbons (Fsp3) is 0.261. The summed E-state index contributed by atoms with van der Waals surface area (Å²) in [6, 6.07) is 13.3. The molecule has 1 amide bonds. The van der Waals surface area contributed by atoms with Gasteiger partial charge in [0.1, 0.15) is 6.07 Å². The number of nitrogens with one attached hydrogen (secondary N) is 2. The first-order chi connectivity index (χ1) is 14.4. The van der Waals surface area contributed by atoms with Crippen molar-refractivity contribution < 1.29 is 4.79 Å². The van der Waals surface area contributed by atoms with Crippen LogP contribution in [0.25, 0.3) is 10.9 Å². The van der Waals surface area contributed by atoms with Gasteiger partial charge < -0.3 is 15.5 Å². The lowest BCUT2D eigenvalue weighted by Crippen LogP contribution is -2.17. The minimum Gasteiger partial charge on any atom is -0.354 e. The van der Waals surface area contributed by atoms with Gasteiger partial charge in [-0.15, -0.1) is 0 Å². The topological polar surface area (TPSA) is 81.0 Å². The molecule has 30 heavy (non-hydrogen) atoms. The van der Waals surface area contributed by atoms with E-state index in [2.05, 4.69) is 26.6 Å². The van der Waals surface area contributed by atoms with Crippen molar-refractivity contribution in [3.63, 3.8) is 0 Å². The molecule has 0 saturated carbocycles. The Balaban J connectivity index is 1.96. The number of nitrogens with zero attached hydrogens (tertiary/aromatic N) is 3. The van der Waals surface area contributed by atoms with Crippen LogP contribution in [0.15, 0.2) is 42.6 Å². The van der Waals surface area contributed by atoms with Gasteiger partial charge in [-0.3, -0.25) is 9.78 Å². The molecule has 0 unspecified atom stereocenters. The molecule has 0 aliphatic rings. The lowest BCUT2D eigenvalue weighted by Gasteiger charge is -2.15. The number of halogens is 1. The number of hydrogen-bond donors (Lipinski definition) is 2. The number of aryl methyl sites for hydroxylation is 1. The summed E-state index contributed by atoms with van der Waals surface area (Å²) in [5.74, 6) is -0.0342. The Kier molecular flexibility index (Phi) is 6.88. The van der Waals surface area contributed by atoms with Crippen LogP contribution in [0.3, 0.4) is 0 Å². The molecule has 0 bridgehead atoms. The van der Waals surface area contributed by atoms with Gasteiger partial charge in [-0.2, -0.15) is 5.26 Å². The quantitative estimate of drug-likeness (QED) is 0.555. The van der Waals surface area contributed by atoms with Crippen LogP contribution in [0.5, 0.6) is 0 Å². The Hall–Kier alpha value is -3.14. The van der Waals surface area contributed by atoms with E-state index in [1.54, 1.807) is 18.3 Å². The predicted octanol–water partition coefficient (Wildman–Crippen LogP) is 5.09. The molecule has 3 aromatic rings. The summed E-state index contributed by atoms with van der Waals surface area (Å²) >= 11 is 6.10. The van der Waals surface area contributed by atoms with Crippen molar-refractivity contribution in [3.05, 3.63) is 58.7 Å². The maximum Gasteiger partial charge on any atom is 0.224 e. The average molecular weight is 422 g/mol. The number of fused-ring (bicyclic) bond motifs is 1. The second-order valence-electron chi connectivity index (χ2n) is 7.43. The maximum absolute atomic E-state index is 12.4. The normalized spacial score (nSPS) is 10.8. The Morgan fingerprint density at radius 1 is 1.27 bits per heavy atom. The van der Waals surface area contributed by atoms with Crippen LogP contribution in [0.4, 0.5) is 17.1 Å². The van der Waals surface area contributed by atoms with Crippen molar-refractivity contribution in [2.24, 2.45) is 0 Å². The van der Waals surface area contributed by atoms with E-state index in [0.717, 1.165) is 35.1 Å². The van der Waals surface area contributed by atoms with Gasteiger partial charge in [0, 0.05) is 34.4 Å². The highest BCUT2D eigenvalue weighted by Crippen LogP contribution is 2.33. The standard InChI is InChI=1S/C23H24ClN5O/c1-15-10-21-19(12-20(15)28-22(30)8-5-9-29(2)3)23(16(13-25)14-26-21)27-18-7-4-6-17(24)11-18/h4,6-7,10-12,14H,5,8-9H2,1-3H3,(H,26,27)(H,28,30). The molecule has 154 valence electrons. The van der Waals surface area contributed by atoms with E-state index in [0.29, 0.717) is 28.4 Å². The third-order valence-electron chi connectivity index (χ3n) is 4.71. The molecule has 1 heterocycles. The summed E-state index contributed by atoms with van der Waals surface area (Å²) in [7, 11) is 3.97. The first-order valence-electron chi connectivity index (χ1n) is 9.68. The molecule has 7 heteroatoms. The molecule has 1 aromatic heterocycles. The van der Waals surface area contributed by atoms with Crippen molar-refractivity contribution in [2.45, 2.75) is 19.8 Å². The number of anilines is 3. The maximum atomic E-state index is 12.4. The van der Waals surface area contributed by atoms with Crippen molar-refractivity contribution in [3.8, 4) is 6.07 Å². The van der Waals surface area contributed by atoms with Gasteiger partial charge in [-0.1, -0.05) is 17.7 Å².